The van der Waals surface area contributed by atoms with Gasteiger partial charge in [0.2, 0.25) is 0 Å². The van der Waals surface area contributed by atoms with Crippen LogP contribution in [0, 0.1) is 6.92 Å². The maximum atomic E-state index is 12.3. The lowest BCUT2D eigenvalue weighted by molar-refractivity contribution is 0.142. The molecule has 3 N–H and O–H groups in total. The molecule has 0 atom stereocenters. The molecule has 0 aliphatic carbocycles. The van der Waals surface area contributed by atoms with E-state index in [1.54, 1.807) is 31.5 Å². The van der Waals surface area contributed by atoms with Crippen molar-refractivity contribution in [2.75, 3.05) is 48.8 Å². The lowest BCUT2D eigenvalue weighted by Crippen LogP contribution is -2.48. The molecule has 1 aromatic heterocycles. The topological polar surface area (TPSA) is 107 Å². The number of methoxy groups -OCH3 is 1. The Morgan fingerprint density at radius 1 is 1.11 bits per heavy atom. The number of aryl methyl sites for hydroxylation is 1. The summed E-state index contributed by atoms with van der Waals surface area (Å²) >= 11 is 0. The third-order valence-corrected chi connectivity index (χ3v) is 4.48. The fourth-order valence-corrected chi connectivity index (χ4v) is 2.98. The molecular formula is C19H23N5O4. The van der Waals surface area contributed by atoms with Crippen molar-refractivity contribution in [2.45, 2.75) is 6.92 Å². The summed E-state index contributed by atoms with van der Waals surface area (Å²) in [5, 5.41) is 14.5. The maximum absolute atomic E-state index is 12.3. The Morgan fingerprint density at radius 2 is 1.86 bits per heavy atom. The Bertz CT molecular complexity index is 848. The molecule has 0 unspecified atom stereocenters. The third kappa shape index (κ3) is 4.61. The zero-order valence-corrected chi connectivity index (χ0v) is 15.8. The Labute approximate surface area is 162 Å². The van der Waals surface area contributed by atoms with Crippen molar-refractivity contribution < 1.29 is 19.4 Å². The molecule has 3 amide bonds. The van der Waals surface area contributed by atoms with Gasteiger partial charge in [-0.1, -0.05) is 6.07 Å². The molecule has 9 heteroatoms. The molecule has 9 nitrogen and oxygen atoms in total. The summed E-state index contributed by atoms with van der Waals surface area (Å²) in [6.07, 6.45) is 0.676. The number of nitrogens with one attached hydrogen (secondary N) is 2. The molecule has 148 valence electrons. The van der Waals surface area contributed by atoms with Crippen molar-refractivity contribution in [2.24, 2.45) is 0 Å². The molecule has 0 radical (unpaired) electrons. The van der Waals surface area contributed by atoms with Gasteiger partial charge in [-0.05, 0) is 36.8 Å². The van der Waals surface area contributed by atoms with Crippen LogP contribution in [0.25, 0.3) is 0 Å². The molecule has 1 fully saturated rings. The van der Waals surface area contributed by atoms with E-state index in [1.807, 2.05) is 24.0 Å². The minimum absolute atomic E-state index is 0.395. The first-order chi connectivity index (χ1) is 13.5. The highest BCUT2D eigenvalue weighted by atomic mass is 16.5. The van der Waals surface area contributed by atoms with Gasteiger partial charge in [-0.15, -0.1) is 0 Å². The van der Waals surface area contributed by atoms with Gasteiger partial charge >= 0.3 is 12.1 Å². The first-order valence-corrected chi connectivity index (χ1v) is 8.88. The fourth-order valence-electron chi connectivity index (χ4n) is 2.98. The first kappa shape index (κ1) is 19.3. The van der Waals surface area contributed by atoms with Crippen LogP contribution >= 0.6 is 0 Å². The van der Waals surface area contributed by atoms with Gasteiger partial charge in [0.05, 0.1) is 24.7 Å². The number of nitrogens with zero attached hydrogens (tertiary/aromatic N) is 3. The average molecular weight is 385 g/mol. The second kappa shape index (κ2) is 8.47. The van der Waals surface area contributed by atoms with Gasteiger partial charge in [-0.2, -0.15) is 0 Å². The summed E-state index contributed by atoms with van der Waals surface area (Å²) in [6.45, 7) is 3.98. The van der Waals surface area contributed by atoms with E-state index in [9.17, 15) is 9.59 Å². The summed E-state index contributed by atoms with van der Waals surface area (Å²) in [4.78, 5) is 31.0. The number of hydrogen-bond acceptors (Lipinski definition) is 5. The second-order valence-corrected chi connectivity index (χ2v) is 6.44. The number of rotatable bonds is 4. The van der Waals surface area contributed by atoms with Crippen molar-refractivity contribution in [1.82, 2.24) is 9.88 Å². The fraction of sp³-hybridized carbons (Fsp3) is 0.316. The van der Waals surface area contributed by atoms with Crippen LogP contribution in [0.4, 0.5) is 26.8 Å². The van der Waals surface area contributed by atoms with Gasteiger partial charge in [-0.3, -0.25) is 0 Å². The number of carbonyl (C=O) groups is 2. The third-order valence-electron chi connectivity index (χ3n) is 4.48. The SMILES string of the molecule is COc1ccc(C)cc1NC(=O)Nc1ccc(N2CCN(C(=O)O)CC2)nc1. The van der Waals surface area contributed by atoms with Crippen molar-refractivity contribution in [1.29, 1.82) is 0 Å². The minimum atomic E-state index is -0.900. The number of benzene rings is 1. The predicted octanol–water partition coefficient (Wildman–Crippen LogP) is 2.84. The number of amides is 3. The molecule has 2 aromatic rings. The van der Waals surface area contributed by atoms with Crippen LogP contribution in [-0.2, 0) is 0 Å². The summed E-state index contributed by atoms with van der Waals surface area (Å²) < 4.78 is 5.26. The molecular weight excluding hydrogens is 362 g/mol. The summed E-state index contributed by atoms with van der Waals surface area (Å²) in [5.74, 6) is 1.33. The van der Waals surface area contributed by atoms with Crippen LogP contribution in [0.15, 0.2) is 36.5 Å². The monoisotopic (exact) mass is 385 g/mol. The van der Waals surface area contributed by atoms with Crippen LogP contribution < -0.4 is 20.3 Å². The van der Waals surface area contributed by atoms with E-state index in [1.165, 1.54) is 4.90 Å². The van der Waals surface area contributed by atoms with Crippen molar-refractivity contribution in [3.8, 4) is 5.75 Å². The van der Waals surface area contributed by atoms with E-state index in [2.05, 4.69) is 15.6 Å². The van der Waals surface area contributed by atoms with Crippen molar-refractivity contribution >= 4 is 29.3 Å². The number of carboxylic acid groups (broad SMARTS) is 1. The van der Waals surface area contributed by atoms with Crippen molar-refractivity contribution in [3.63, 3.8) is 0 Å². The van der Waals surface area contributed by atoms with Crippen LogP contribution in [0.1, 0.15) is 5.56 Å². The summed E-state index contributed by atoms with van der Waals surface area (Å²) in [7, 11) is 1.55. The van der Waals surface area contributed by atoms with E-state index in [0.29, 0.717) is 43.3 Å². The van der Waals surface area contributed by atoms with E-state index >= 15 is 0 Å². The Kier molecular flexibility index (Phi) is 5.83. The number of pyridine rings is 1. The minimum Gasteiger partial charge on any atom is -0.495 e. The second-order valence-electron chi connectivity index (χ2n) is 6.44. The normalized spacial score (nSPS) is 13.8. The van der Waals surface area contributed by atoms with Crippen LogP contribution in [0.2, 0.25) is 0 Å². The number of ether oxygens (including phenoxy) is 1. The van der Waals surface area contributed by atoms with Gasteiger partial charge in [-0.25, -0.2) is 14.6 Å². The molecule has 1 aliphatic rings. The number of urea groups is 1. The molecule has 1 saturated heterocycles. The quantitative estimate of drug-likeness (QED) is 0.747. The van der Waals surface area contributed by atoms with Crippen LogP contribution in [0.5, 0.6) is 5.75 Å². The number of anilines is 3. The van der Waals surface area contributed by atoms with E-state index in [4.69, 9.17) is 9.84 Å². The summed E-state index contributed by atoms with van der Waals surface area (Å²) in [6, 6.07) is 8.70. The molecule has 1 aromatic carbocycles. The Morgan fingerprint density at radius 3 is 2.46 bits per heavy atom. The highest BCUT2D eigenvalue weighted by Crippen LogP contribution is 2.25. The molecule has 2 heterocycles. The summed E-state index contributed by atoms with van der Waals surface area (Å²) in [5.41, 5.74) is 2.14. The predicted molar refractivity (Wildman–Crippen MR) is 106 cm³/mol. The molecule has 0 bridgehead atoms. The lowest BCUT2D eigenvalue weighted by Gasteiger charge is -2.33. The molecule has 28 heavy (non-hydrogen) atoms. The van der Waals surface area contributed by atoms with Gasteiger partial charge in [0, 0.05) is 26.2 Å². The van der Waals surface area contributed by atoms with Crippen LogP contribution in [0.3, 0.4) is 0 Å². The molecule has 3 rings (SSSR count). The molecule has 1 aliphatic heterocycles. The van der Waals surface area contributed by atoms with E-state index in [-0.39, 0.29) is 0 Å². The highest BCUT2D eigenvalue weighted by Gasteiger charge is 2.21. The molecule has 0 spiro atoms. The lowest BCUT2D eigenvalue weighted by atomic mass is 10.2. The Hall–Kier alpha value is -3.49. The largest absolute Gasteiger partial charge is 0.495 e. The standard InChI is InChI=1S/C19H23N5O4/c1-13-3-5-16(28-2)15(11-13)22-18(25)21-14-4-6-17(20-12-14)23-7-9-24(10-8-23)19(26)27/h3-6,11-12H,7-10H2,1-2H3,(H,26,27)(H2,21,22,25). The van der Waals surface area contributed by atoms with Crippen LogP contribution in [-0.4, -0.2) is 60.4 Å². The highest BCUT2D eigenvalue weighted by molar-refractivity contribution is 6.00. The maximum Gasteiger partial charge on any atom is 0.407 e. The molecule has 0 saturated carbocycles. The number of carbonyl (C=O) groups excluding carboxylic acids is 1. The van der Waals surface area contributed by atoms with Gasteiger partial charge in [0.15, 0.2) is 0 Å². The van der Waals surface area contributed by atoms with E-state index < -0.39 is 12.1 Å². The Balaban J connectivity index is 1.58. The number of piperazine rings is 1. The van der Waals surface area contributed by atoms with Crippen molar-refractivity contribution in [3.05, 3.63) is 42.1 Å². The zero-order chi connectivity index (χ0) is 20.1. The number of hydrogen-bond donors (Lipinski definition) is 3. The first-order valence-electron chi connectivity index (χ1n) is 8.88. The smallest absolute Gasteiger partial charge is 0.407 e. The van der Waals surface area contributed by atoms with E-state index in [0.717, 1.165) is 11.4 Å². The van der Waals surface area contributed by atoms with Gasteiger partial charge < -0.3 is 30.3 Å². The average Bonchev–Trinajstić information content (AvgIpc) is 2.69. The van der Waals surface area contributed by atoms with Gasteiger partial charge in [0.25, 0.3) is 0 Å². The van der Waals surface area contributed by atoms with Gasteiger partial charge in [0.1, 0.15) is 11.6 Å². The zero-order valence-electron chi connectivity index (χ0n) is 15.8. The number of aromatic nitrogens is 1.